The van der Waals surface area contributed by atoms with Crippen molar-refractivity contribution in [2.75, 3.05) is 13.2 Å². The Balaban J connectivity index is 0.000000221. The second kappa shape index (κ2) is 37.5. The Bertz CT molecular complexity index is 4770. The number of halogens is 24. The van der Waals surface area contributed by atoms with Crippen molar-refractivity contribution in [2.45, 2.75) is 62.3 Å². The van der Waals surface area contributed by atoms with E-state index in [-0.39, 0.29) is 17.1 Å². The van der Waals surface area contributed by atoms with Gasteiger partial charge in [-0.15, -0.1) is 0 Å². The zero-order valence-electron chi connectivity index (χ0n) is 62.3. The molecule has 13 aromatic rings. The predicted molar refractivity (Wildman–Crippen MR) is 430 cm³/mol. The van der Waals surface area contributed by atoms with Gasteiger partial charge in [0.25, 0.3) is 0 Å². The first kappa shape index (κ1) is 92.0. The van der Waals surface area contributed by atoms with E-state index in [9.17, 15) is 105 Å². The molecule has 626 valence electrons. The monoisotopic (exact) mass is 1800 g/mol. The van der Waals surface area contributed by atoms with Crippen molar-refractivity contribution in [3.05, 3.63) is 372 Å². The number of benzene rings is 13. The van der Waals surface area contributed by atoms with Crippen molar-refractivity contribution in [1.82, 2.24) is 0 Å². The van der Waals surface area contributed by atoms with Crippen LogP contribution in [0.3, 0.4) is 0 Å². The summed E-state index contributed by atoms with van der Waals surface area (Å²) in [6, 6.07) is 86.8. The van der Waals surface area contributed by atoms with Crippen molar-refractivity contribution in [2.24, 2.45) is 0 Å². The molecular formula is C90H62BF24FeOP3Si. The average molecular weight is 1800 g/mol. The Kier molecular flexibility index (Phi) is 28.5. The maximum atomic E-state index is 14.2. The molecule has 1 aliphatic rings. The summed E-state index contributed by atoms with van der Waals surface area (Å²) in [6.45, 7) is 2.00. The van der Waals surface area contributed by atoms with Gasteiger partial charge in [-0.25, -0.2) is 8.80 Å². The van der Waals surface area contributed by atoms with Crippen molar-refractivity contribution >= 4 is 124 Å². The van der Waals surface area contributed by atoms with E-state index in [1.807, 2.05) is 0 Å². The molecular weight excluding hydrogens is 1740 g/mol. The maximum Gasteiger partial charge on any atom is 2.00 e. The summed E-state index contributed by atoms with van der Waals surface area (Å²) in [5, 5.41) is 16.9. The van der Waals surface area contributed by atoms with Crippen LogP contribution >= 0.6 is 23.8 Å². The summed E-state index contributed by atoms with van der Waals surface area (Å²) >= 11 is 0. The van der Waals surface area contributed by atoms with Gasteiger partial charge in [0.1, 0.15) is 6.15 Å². The first-order valence-electron chi connectivity index (χ1n) is 36.4. The molecule has 0 aromatic heterocycles. The molecule has 1 heterocycles. The van der Waals surface area contributed by atoms with Crippen LogP contribution < -0.4 is 85.2 Å². The minimum Gasteiger partial charge on any atom is -0.381 e. The van der Waals surface area contributed by atoms with Crippen LogP contribution in [0.1, 0.15) is 57.3 Å². The molecule has 121 heavy (non-hydrogen) atoms. The standard InChI is InChI=1S/C54H42P3Si.C32H12BF24.C4H8O.Fe/c1-7-25-43(26-8-1)55(44-27-9-2-10-28-44)49-37-19-22-40-52(49)58(53-41-23-20-38-50(53)56(45-29-11-3-12-30-45)46-31-13-4-14-32-46)54-42-24-21-39-51(54)57(47-33-15-5-16-34-47)48-35-17-6-18-36-48;34-25(35,36)13-1-14(26(37,38)39)6-21(5-13)33(22-7-15(27(40,41)42)2-16(8-22)28(43,44)45,23-9-17(29(46,47)48)3-18(10-23)30(49,50)51)24-11-19(31(52,53)54)4-20(12-24)32(55,56)57;1-2-4-5-3-1;/h1-42H;1-12H;1-4H2;/q2*-1;;+2. The van der Waals surface area contributed by atoms with E-state index in [1.165, 1.54) is 76.1 Å². The first-order valence-corrected chi connectivity index (χ1v) is 41.9. The van der Waals surface area contributed by atoms with Crippen LogP contribution in [0.4, 0.5) is 105 Å². The molecule has 0 unspecified atom stereocenters. The molecule has 1 aliphatic heterocycles. The molecule has 0 saturated carbocycles. The van der Waals surface area contributed by atoms with Crippen molar-refractivity contribution in [1.29, 1.82) is 0 Å². The van der Waals surface area contributed by atoms with Gasteiger partial charge in [0.2, 0.25) is 0 Å². The number of rotatable bonds is 16. The van der Waals surface area contributed by atoms with E-state index in [2.05, 4.69) is 255 Å². The Morgan fingerprint density at radius 1 is 0.215 bits per heavy atom. The van der Waals surface area contributed by atoms with Crippen molar-refractivity contribution < 1.29 is 127 Å². The Hall–Kier alpha value is -9.77. The van der Waals surface area contributed by atoms with Crippen molar-refractivity contribution in [3.8, 4) is 0 Å². The van der Waals surface area contributed by atoms with Gasteiger partial charge in [0.05, 0.1) is 44.5 Å². The molecule has 1 fully saturated rings. The fraction of sp³-hybridized carbons (Fsp3) is 0.133. The summed E-state index contributed by atoms with van der Waals surface area (Å²) in [6.07, 6.45) is -52.3. The van der Waals surface area contributed by atoms with Gasteiger partial charge >= 0.3 is 66.5 Å². The van der Waals surface area contributed by atoms with Crippen molar-refractivity contribution in [3.63, 3.8) is 0 Å². The van der Waals surface area contributed by atoms with Gasteiger partial charge in [0.15, 0.2) is 0 Å². The molecule has 0 aliphatic carbocycles. The molecule has 31 heteroatoms. The summed E-state index contributed by atoms with van der Waals surface area (Å²) in [7, 11) is -4.30. The topological polar surface area (TPSA) is 9.23 Å². The summed E-state index contributed by atoms with van der Waals surface area (Å²) in [4.78, 5) is 0. The van der Waals surface area contributed by atoms with E-state index in [1.54, 1.807) is 0 Å². The van der Waals surface area contributed by atoms with Gasteiger partial charge in [-0.1, -0.05) is 303 Å². The maximum absolute atomic E-state index is 14.2. The molecule has 0 N–H and O–H groups in total. The zero-order valence-corrected chi connectivity index (χ0v) is 67.0. The van der Waals surface area contributed by atoms with Gasteiger partial charge in [0, 0.05) is 13.2 Å². The molecule has 1 nitrogen and oxygen atoms in total. The fourth-order valence-electron chi connectivity index (χ4n) is 14.4. The van der Waals surface area contributed by atoms with Crippen LogP contribution in [0.2, 0.25) is 0 Å². The Morgan fingerprint density at radius 3 is 0.521 bits per heavy atom. The Labute approximate surface area is 694 Å². The SMILES string of the molecule is C1CCOC1.FC(F)(F)c1cc([B-](c2cc(C(F)(F)F)cc(C(F)(F)F)c2)(c2cc(C(F)(F)F)cc(C(F)(F)F)c2)c2cc(C(F)(F)F)cc(C(F)(F)F)c2)cc(C(F)(F)F)c1.[Fe+2].c1ccc(P(c2ccccc2)c2ccccc2[Si-](c2ccccc2P(c2ccccc2)c2ccccc2)c2ccccc2P(c2ccccc2)c2ccccc2)cc1. The normalized spacial score (nSPS) is 13.1. The van der Waals surface area contributed by atoms with Crippen LogP contribution in [-0.4, -0.2) is 28.2 Å². The number of hydrogen-bond donors (Lipinski definition) is 0. The molecule has 1 saturated heterocycles. The van der Waals surface area contributed by atoms with Crippen LogP contribution in [0.15, 0.2) is 328 Å². The zero-order chi connectivity index (χ0) is 86.4. The first-order chi connectivity index (χ1) is 56.6. The van der Waals surface area contributed by atoms with E-state index in [4.69, 9.17) is 4.74 Å². The molecule has 14 rings (SSSR count). The number of ether oxygens (including phenoxy) is 1. The van der Waals surface area contributed by atoms with Crippen LogP contribution in [0.25, 0.3) is 0 Å². The predicted octanol–water partition coefficient (Wildman–Crippen LogP) is 19.5. The molecule has 0 bridgehead atoms. The third kappa shape index (κ3) is 21.6. The van der Waals surface area contributed by atoms with Crippen LogP contribution in [0, 0.1) is 0 Å². The van der Waals surface area contributed by atoms with E-state index in [0.717, 1.165) is 13.2 Å². The van der Waals surface area contributed by atoms with E-state index >= 15 is 0 Å². The van der Waals surface area contributed by atoms with Crippen LogP contribution in [-0.2, 0) is 71.2 Å². The average Bonchev–Trinajstić information content (AvgIpc) is 0.905. The minimum atomic E-state index is -6.13. The fourth-order valence-corrected chi connectivity index (χ4v) is 26.1. The van der Waals surface area contributed by atoms with E-state index < -0.39 is 227 Å². The third-order valence-corrected chi connectivity index (χ3v) is 30.7. The third-order valence-electron chi connectivity index (χ3n) is 19.6. The molecule has 0 radical (unpaired) electrons. The number of hydrogen-bond acceptors (Lipinski definition) is 1. The quantitative estimate of drug-likeness (QED) is 0.0405. The summed E-state index contributed by atoms with van der Waals surface area (Å²) in [5.41, 5.74) is -30.2. The van der Waals surface area contributed by atoms with Gasteiger partial charge in [-0.05, 0) is 109 Å². The van der Waals surface area contributed by atoms with Gasteiger partial charge < -0.3 is 4.74 Å². The smallest absolute Gasteiger partial charge is 0.381 e. The molecule has 0 amide bonds. The minimum absolute atomic E-state index is 0. The molecule has 0 spiro atoms. The van der Waals surface area contributed by atoms with E-state index in [0.29, 0.717) is 0 Å². The second-order valence-corrected chi connectivity index (χ2v) is 36.4. The number of alkyl halides is 24. The largest absolute Gasteiger partial charge is 2.00 e. The van der Waals surface area contributed by atoms with Gasteiger partial charge in [-0.2, -0.15) is 143 Å². The molecule has 13 aromatic carbocycles. The van der Waals surface area contributed by atoms with Crippen LogP contribution in [0.5, 0.6) is 0 Å². The Morgan fingerprint density at radius 2 is 0.372 bits per heavy atom. The van der Waals surface area contributed by atoms with Gasteiger partial charge in [-0.3, -0.25) is 0 Å². The summed E-state index contributed by atoms with van der Waals surface area (Å²) < 4.78 is 346. The molecule has 0 atom stereocenters. The second-order valence-electron chi connectivity index (χ2n) is 27.5. The summed E-state index contributed by atoms with van der Waals surface area (Å²) in [5.74, 6) is 0.